The van der Waals surface area contributed by atoms with E-state index < -0.39 is 17.4 Å². The standard InChI is InChI=1S/C30H10F3N5/c1-36-24(14-34)27-20-7-5-4-6-18(20)19-10-8-16(12-22(19)27)26-28(25(15-35)37-2)23-13-17(30(31,32)33)9-11-21(23)29(26)38-3/h4-13H/b27-24+,28-25-. The van der Waals surface area contributed by atoms with Gasteiger partial charge in [-0.15, -0.1) is 0 Å². The summed E-state index contributed by atoms with van der Waals surface area (Å²) in [4.78, 5) is 10.2. The first-order valence-electron chi connectivity index (χ1n) is 10.9. The molecule has 0 atom stereocenters. The van der Waals surface area contributed by atoms with Crippen molar-refractivity contribution in [1.82, 2.24) is 0 Å². The average molecular weight is 497 g/mol. The number of alkyl halides is 3. The number of allylic oxidation sites excluding steroid dienone is 4. The molecule has 0 N–H and O–H groups in total. The van der Waals surface area contributed by atoms with E-state index in [2.05, 4.69) is 14.5 Å². The van der Waals surface area contributed by atoms with E-state index in [1.54, 1.807) is 36.4 Å². The third kappa shape index (κ3) is 3.37. The number of hydrogen-bond acceptors (Lipinski definition) is 2. The van der Waals surface area contributed by atoms with E-state index in [4.69, 9.17) is 19.7 Å². The molecule has 0 aliphatic heterocycles. The molecule has 0 saturated heterocycles. The van der Waals surface area contributed by atoms with Gasteiger partial charge in [0.2, 0.25) is 5.70 Å². The highest BCUT2D eigenvalue weighted by Crippen LogP contribution is 2.52. The highest BCUT2D eigenvalue weighted by Gasteiger charge is 2.36. The molecule has 38 heavy (non-hydrogen) atoms. The van der Waals surface area contributed by atoms with Crippen LogP contribution in [0.2, 0.25) is 0 Å². The SMILES string of the molecule is [C-]#[N+]C1=C(c2ccc3c(c2)/C(=C(\C#N)[N+]#[C-])c2ccccc2-3)/C(=C(/C#N)[N+]#[C-])c2cc(C(F)(F)F)ccc21. The predicted octanol–water partition coefficient (Wildman–Crippen LogP) is 7.84. The van der Waals surface area contributed by atoms with Crippen LogP contribution in [-0.2, 0) is 6.18 Å². The van der Waals surface area contributed by atoms with Crippen molar-refractivity contribution in [3.63, 3.8) is 0 Å². The molecule has 8 heteroatoms. The summed E-state index contributed by atoms with van der Waals surface area (Å²) in [7, 11) is 0. The summed E-state index contributed by atoms with van der Waals surface area (Å²) in [5.41, 5.74) is 2.28. The van der Waals surface area contributed by atoms with Gasteiger partial charge in [-0.1, -0.05) is 48.5 Å². The van der Waals surface area contributed by atoms with E-state index >= 15 is 0 Å². The lowest BCUT2D eigenvalue weighted by Crippen LogP contribution is -2.05. The fourth-order valence-corrected chi connectivity index (χ4v) is 4.92. The Hall–Kier alpha value is -5.88. The lowest BCUT2D eigenvalue weighted by atomic mass is 9.91. The zero-order valence-corrected chi connectivity index (χ0v) is 19.1. The van der Waals surface area contributed by atoms with Gasteiger partial charge in [-0.05, 0) is 62.2 Å². The zero-order chi connectivity index (χ0) is 27.2. The van der Waals surface area contributed by atoms with Gasteiger partial charge in [-0.25, -0.2) is 25.1 Å². The topological polar surface area (TPSA) is 60.7 Å². The van der Waals surface area contributed by atoms with Gasteiger partial charge in [0, 0.05) is 5.57 Å². The van der Waals surface area contributed by atoms with E-state index in [1.165, 1.54) is 6.07 Å². The normalized spacial score (nSPS) is 15.6. The smallest absolute Gasteiger partial charge is 0.237 e. The first-order chi connectivity index (χ1) is 18.3. The van der Waals surface area contributed by atoms with Crippen LogP contribution in [0.15, 0.2) is 72.1 Å². The van der Waals surface area contributed by atoms with E-state index in [0.29, 0.717) is 22.3 Å². The molecule has 0 amide bonds. The molecule has 3 aromatic rings. The maximum atomic E-state index is 13.5. The van der Waals surface area contributed by atoms with Gasteiger partial charge >= 0.3 is 6.18 Å². The Morgan fingerprint density at radius 1 is 0.684 bits per heavy atom. The Bertz CT molecular complexity index is 1870. The molecule has 2 aliphatic carbocycles. The van der Waals surface area contributed by atoms with E-state index in [-0.39, 0.29) is 33.7 Å². The Balaban J connectivity index is 1.84. The predicted molar refractivity (Wildman–Crippen MR) is 134 cm³/mol. The van der Waals surface area contributed by atoms with Crippen LogP contribution in [0, 0.1) is 42.4 Å². The van der Waals surface area contributed by atoms with Crippen LogP contribution in [-0.4, -0.2) is 0 Å². The lowest BCUT2D eigenvalue weighted by Gasteiger charge is -2.13. The molecular weight excluding hydrogens is 487 g/mol. The maximum Gasteiger partial charge on any atom is 0.416 e. The summed E-state index contributed by atoms with van der Waals surface area (Å²) < 4.78 is 40.6. The lowest BCUT2D eigenvalue weighted by molar-refractivity contribution is -0.137. The number of benzene rings is 3. The fraction of sp³-hybridized carbons (Fsp3) is 0.0333. The summed E-state index contributed by atoms with van der Waals surface area (Å²) in [6.45, 7) is 22.9. The average Bonchev–Trinajstić information content (AvgIpc) is 3.42. The van der Waals surface area contributed by atoms with Gasteiger partial charge < -0.3 is 0 Å². The maximum absolute atomic E-state index is 13.5. The molecule has 176 valence electrons. The molecule has 5 nitrogen and oxygen atoms in total. The van der Waals surface area contributed by atoms with E-state index in [0.717, 1.165) is 23.3 Å². The van der Waals surface area contributed by atoms with Crippen LogP contribution < -0.4 is 0 Å². The molecule has 0 fully saturated rings. The third-order valence-corrected chi connectivity index (χ3v) is 6.44. The minimum Gasteiger partial charge on any atom is -0.237 e. The molecule has 0 unspecified atom stereocenters. The number of nitriles is 2. The number of hydrogen-bond donors (Lipinski definition) is 0. The van der Waals surface area contributed by atoms with Crippen molar-refractivity contribution < 1.29 is 13.2 Å². The molecule has 0 saturated carbocycles. The molecule has 0 bridgehead atoms. The molecule has 0 aromatic heterocycles. The van der Waals surface area contributed by atoms with Crippen molar-refractivity contribution >= 4 is 22.4 Å². The fourth-order valence-electron chi connectivity index (χ4n) is 4.92. The Morgan fingerprint density at radius 3 is 1.87 bits per heavy atom. The number of nitrogens with zero attached hydrogens (tertiary/aromatic N) is 5. The van der Waals surface area contributed by atoms with Crippen molar-refractivity contribution in [1.29, 1.82) is 10.5 Å². The van der Waals surface area contributed by atoms with Gasteiger partial charge in [0.05, 0.1) is 37.4 Å². The van der Waals surface area contributed by atoms with Gasteiger partial charge in [-0.2, -0.15) is 13.2 Å². The Labute approximate surface area is 215 Å². The van der Waals surface area contributed by atoms with Crippen LogP contribution in [0.25, 0.3) is 48.1 Å². The minimum atomic E-state index is -4.67. The monoisotopic (exact) mass is 497 g/mol. The Kier molecular flexibility index (Phi) is 5.43. The second-order valence-corrected chi connectivity index (χ2v) is 8.29. The zero-order valence-electron chi connectivity index (χ0n) is 19.1. The van der Waals surface area contributed by atoms with Crippen LogP contribution in [0.1, 0.15) is 33.4 Å². The van der Waals surface area contributed by atoms with Crippen LogP contribution >= 0.6 is 0 Å². The van der Waals surface area contributed by atoms with Crippen molar-refractivity contribution in [2.45, 2.75) is 6.18 Å². The summed E-state index contributed by atoms with van der Waals surface area (Å²) in [6, 6.07) is 18.9. The molecule has 0 heterocycles. The van der Waals surface area contributed by atoms with Gasteiger partial charge in [0.1, 0.15) is 0 Å². The Morgan fingerprint density at radius 2 is 1.26 bits per heavy atom. The van der Waals surface area contributed by atoms with Crippen LogP contribution in [0.4, 0.5) is 13.2 Å². The van der Waals surface area contributed by atoms with Gasteiger partial charge in [0.25, 0.3) is 11.4 Å². The van der Waals surface area contributed by atoms with Crippen molar-refractivity contribution in [2.75, 3.05) is 0 Å². The molecule has 0 spiro atoms. The highest BCUT2D eigenvalue weighted by atomic mass is 19.4. The van der Waals surface area contributed by atoms with Gasteiger partial charge in [0.15, 0.2) is 0 Å². The largest absolute Gasteiger partial charge is 0.416 e. The minimum absolute atomic E-state index is 0.00630. The molecular formula is C30H10F3N5. The van der Waals surface area contributed by atoms with Crippen molar-refractivity contribution in [3.05, 3.63) is 140 Å². The summed E-state index contributed by atoms with van der Waals surface area (Å²) in [5.74, 6) is 0. The van der Waals surface area contributed by atoms with E-state index in [1.807, 2.05) is 18.2 Å². The first-order valence-corrected chi connectivity index (χ1v) is 10.9. The quantitative estimate of drug-likeness (QED) is 0.199. The van der Waals surface area contributed by atoms with Crippen LogP contribution in [0.3, 0.4) is 0 Å². The molecule has 0 radical (unpaired) electrons. The third-order valence-electron chi connectivity index (χ3n) is 6.44. The number of fused-ring (bicyclic) bond motifs is 4. The molecule has 2 aliphatic rings. The van der Waals surface area contributed by atoms with Crippen molar-refractivity contribution in [3.8, 4) is 23.3 Å². The molecule has 5 rings (SSSR count). The highest BCUT2D eigenvalue weighted by molar-refractivity contribution is 6.24. The molecule has 3 aromatic carbocycles. The van der Waals surface area contributed by atoms with Crippen LogP contribution in [0.5, 0.6) is 0 Å². The second kappa shape index (κ2) is 8.65. The summed E-state index contributed by atoms with van der Waals surface area (Å²) >= 11 is 0. The number of rotatable bonds is 1. The van der Waals surface area contributed by atoms with Crippen molar-refractivity contribution in [2.24, 2.45) is 0 Å². The number of halogens is 3. The summed E-state index contributed by atoms with van der Waals surface area (Å²) in [6.07, 6.45) is -4.67. The first kappa shape index (κ1) is 23.8. The second-order valence-electron chi connectivity index (χ2n) is 8.29. The summed E-state index contributed by atoms with van der Waals surface area (Å²) in [5, 5.41) is 19.3. The van der Waals surface area contributed by atoms with E-state index in [9.17, 15) is 23.7 Å². The van der Waals surface area contributed by atoms with Gasteiger partial charge in [-0.3, -0.25) is 0 Å².